The van der Waals surface area contributed by atoms with Crippen LogP contribution in [0.15, 0.2) is 0 Å². The maximum Gasteiger partial charge on any atom is 0.470 e. The summed E-state index contributed by atoms with van der Waals surface area (Å²) in [4.78, 5) is 60.5. The average molecular weight is 1150 g/mol. The molecule has 0 aliphatic carbocycles. The number of carbonyl (C=O) groups is 3. The van der Waals surface area contributed by atoms with Gasteiger partial charge in [0.2, 0.25) is 11.8 Å². The standard InChI is InChI=1S/C58H112N3O17P/c1-4-7-10-13-16-19-22-25-30-35-43(63)40-46(64)61-50-51(67)53(69)57(77-58(50)74-39-34-29-28-33-38-59)54(70)56-49(52(68)55(45(42-62)76-56)78-79(71,72)73)60-47(65)41-44(36-31-26-23-20-17-14-11-8-5-2)75-48(66)37-32-27-24-21-18-15-12-9-6-3/h43-45,49-58,62-63,67-70H,4-42,59H2,1-3H3,(H,60,65)(H,61,64)(H2,71,72,73)/t43-,44-,45-,49+,50+,51-,52-,53+,54?,55-,56-,57+,58+/m1/s1. The van der Waals surface area contributed by atoms with Crippen molar-refractivity contribution in [2.75, 3.05) is 19.8 Å². The monoisotopic (exact) mass is 1150 g/mol. The summed E-state index contributed by atoms with van der Waals surface area (Å²) in [5, 5.41) is 73.9. The van der Waals surface area contributed by atoms with E-state index in [1.807, 2.05) is 0 Å². The Morgan fingerprint density at radius 3 is 1.56 bits per heavy atom. The van der Waals surface area contributed by atoms with E-state index in [9.17, 15) is 59.4 Å². The first kappa shape index (κ1) is 73.2. The molecule has 2 amide bonds. The summed E-state index contributed by atoms with van der Waals surface area (Å²) in [7, 11) is -5.39. The molecule has 12 N–H and O–H groups in total. The Kier molecular flexibility index (Phi) is 41.4. The summed E-state index contributed by atoms with van der Waals surface area (Å²) < 4.78 is 41.3. The Hall–Kier alpha value is -1.88. The summed E-state index contributed by atoms with van der Waals surface area (Å²) >= 11 is 0. The highest BCUT2D eigenvalue weighted by Gasteiger charge is 2.56. The molecule has 0 spiro atoms. The van der Waals surface area contributed by atoms with E-state index in [4.69, 9.17) is 29.2 Å². The van der Waals surface area contributed by atoms with Crippen LogP contribution in [0.4, 0.5) is 0 Å². The minimum absolute atomic E-state index is 0.0593. The molecule has 2 rings (SSSR count). The second-order valence-electron chi connectivity index (χ2n) is 22.6. The lowest BCUT2D eigenvalue weighted by Gasteiger charge is -2.49. The fourth-order valence-electron chi connectivity index (χ4n) is 10.7. The van der Waals surface area contributed by atoms with E-state index in [2.05, 4.69) is 31.4 Å². The number of esters is 1. The molecule has 466 valence electrons. The van der Waals surface area contributed by atoms with Crippen molar-refractivity contribution in [2.24, 2.45) is 5.73 Å². The number of nitrogens with two attached hydrogens (primary N) is 1. The van der Waals surface area contributed by atoms with Gasteiger partial charge in [-0.05, 0) is 45.1 Å². The number of phosphoric acid groups is 1. The molecule has 1 unspecified atom stereocenters. The van der Waals surface area contributed by atoms with E-state index in [0.29, 0.717) is 38.6 Å². The number of nitrogens with one attached hydrogen (secondary N) is 2. The van der Waals surface area contributed by atoms with Gasteiger partial charge in [-0.3, -0.25) is 18.9 Å². The number of unbranched alkanes of at least 4 members (excludes halogenated alkanes) is 27. The molecule has 2 aliphatic heterocycles. The molecule has 0 radical (unpaired) electrons. The third-order valence-electron chi connectivity index (χ3n) is 15.4. The van der Waals surface area contributed by atoms with E-state index < -0.39 is 118 Å². The maximum atomic E-state index is 14.2. The van der Waals surface area contributed by atoms with Crippen LogP contribution < -0.4 is 16.4 Å². The number of hydrogen-bond acceptors (Lipinski definition) is 16. The smallest absolute Gasteiger partial charge is 0.462 e. The Morgan fingerprint density at radius 2 is 1.04 bits per heavy atom. The van der Waals surface area contributed by atoms with Gasteiger partial charge in [-0.1, -0.05) is 194 Å². The first-order chi connectivity index (χ1) is 38.0. The Balaban J connectivity index is 2.32. The minimum Gasteiger partial charge on any atom is -0.462 e. The topological polar surface area (TPSA) is 326 Å². The fourth-order valence-corrected chi connectivity index (χ4v) is 11.3. The lowest BCUT2D eigenvalue weighted by atomic mass is 9.84. The van der Waals surface area contributed by atoms with Gasteiger partial charge in [0.15, 0.2) is 6.29 Å². The second kappa shape index (κ2) is 44.6. The Bertz CT molecular complexity index is 1600. The predicted molar refractivity (Wildman–Crippen MR) is 303 cm³/mol. The van der Waals surface area contributed by atoms with Crippen molar-refractivity contribution >= 4 is 25.6 Å². The third kappa shape index (κ3) is 32.1. The van der Waals surface area contributed by atoms with Crippen molar-refractivity contribution in [1.82, 2.24) is 10.6 Å². The van der Waals surface area contributed by atoms with Crippen molar-refractivity contribution in [3.63, 3.8) is 0 Å². The number of phosphoric ester groups is 1. The van der Waals surface area contributed by atoms with Gasteiger partial charge in [-0.25, -0.2) is 4.57 Å². The minimum atomic E-state index is -5.39. The quantitative estimate of drug-likeness (QED) is 0.0158. The van der Waals surface area contributed by atoms with Crippen molar-refractivity contribution in [1.29, 1.82) is 0 Å². The van der Waals surface area contributed by atoms with E-state index in [-0.39, 0.29) is 19.4 Å². The summed E-state index contributed by atoms with van der Waals surface area (Å²) in [6, 6.07) is -3.17. The van der Waals surface area contributed by atoms with Crippen molar-refractivity contribution in [2.45, 2.75) is 331 Å². The summed E-state index contributed by atoms with van der Waals surface area (Å²) in [5.74, 6) is -1.89. The Morgan fingerprint density at radius 1 is 0.570 bits per heavy atom. The molecule has 79 heavy (non-hydrogen) atoms. The van der Waals surface area contributed by atoms with Gasteiger partial charge in [-0.2, -0.15) is 0 Å². The number of aliphatic hydroxyl groups is 6. The molecule has 0 aromatic carbocycles. The van der Waals surface area contributed by atoms with Gasteiger partial charge >= 0.3 is 13.8 Å². The van der Waals surface area contributed by atoms with Crippen LogP contribution in [0.3, 0.4) is 0 Å². The lowest BCUT2D eigenvalue weighted by molar-refractivity contribution is -0.300. The summed E-state index contributed by atoms with van der Waals surface area (Å²) in [6.45, 7) is 6.11. The van der Waals surface area contributed by atoms with Crippen LogP contribution in [-0.4, -0.2) is 157 Å². The zero-order chi connectivity index (χ0) is 58.3. The van der Waals surface area contributed by atoms with Gasteiger partial charge in [-0.15, -0.1) is 0 Å². The molecule has 0 aromatic rings. The molecule has 2 heterocycles. The summed E-state index contributed by atoms with van der Waals surface area (Å²) in [5.41, 5.74) is 5.67. The SMILES string of the molecule is CCCCCCCCCCCC(=O)O[C@H](CCCCCCCCCCC)CC(=O)N[C@H]1[C@@H](O)[C@H](OP(=O)(O)O)[C@@H](CO)O[C@H]1C(O)[C@H]1O[C@H](OCCCCCCN)[C@@H](NC(=O)C[C@H](O)CCCCCCCCCCC)[C@@H](O)[C@@H]1O. The van der Waals surface area contributed by atoms with Gasteiger partial charge in [0.25, 0.3) is 0 Å². The van der Waals surface area contributed by atoms with E-state index >= 15 is 0 Å². The normalized spacial score (nSPS) is 24.7. The van der Waals surface area contributed by atoms with Crippen LogP contribution in [0.2, 0.25) is 0 Å². The molecule has 2 aliphatic rings. The number of ether oxygens (including phenoxy) is 4. The molecule has 20 nitrogen and oxygen atoms in total. The van der Waals surface area contributed by atoms with Crippen molar-refractivity contribution in [3.05, 3.63) is 0 Å². The first-order valence-electron chi connectivity index (χ1n) is 31.2. The Labute approximate surface area is 474 Å². The van der Waals surface area contributed by atoms with Crippen molar-refractivity contribution < 1.29 is 82.8 Å². The molecule has 13 atom stereocenters. The molecular formula is C58H112N3O17P. The molecule has 0 saturated carbocycles. The van der Waals surface area contributed by atoms with Gasteiger partial charge in [0.1, 0.15) is 61.0 Å². The van der Waals surface area contributed by atoms with Gasteiger partial charge < -0.3 is 75.7 Å². The van der Waals surface area contributed by atoms with Crippen LogP contribution in [0.5, 0.6) is 0 Å². The largest absolute Gasteiger partial charge is 0.470 e. The number of hydrogen-bond donors (Lipinski definition) is 11. The van der Waals surface area contributed by atoms with Gasteiger partial charge in [0.05, 0.1) is 31.6 Å². The third-order valence-corrected chi connectivity index (χ3v) is 15.9. The number of rotatable bonds is 49. The molecule has 0 aromatic heterocycles. The lowest BCUT2D eigenvalue weighted by Crippen LogP contribution is -2.72. The summed E-state index contributed by atoms with van der Waals surface area (Å²) in [6.07, 6.45) is 13.1. The highest BCUT2D eigenvalue weighted by molar-refractivity contribution is 7.46. The molecule has 2 fully saturated rings. The zero-order valence-corrected chi connectivity index (χ0v) is 49.8. The van der Waals surface area contributed by atoms with Crippen LogP contribution in [0.1, 0.15) is 252 Å². The highest BCUT2D eigenvalue weighted by atomic mass is 31.2. The average Bonchev–Trinajstić information content (AvgIpc) is 3.48. The maximum absolute atomic E-state index is 14.2. The number of carbonyl (C=O) groups excluding carboxylic acids is 3. The van der Waals surface area contributed by atoms with E-state index in [1.165, 1.54) is 77.0 Å². The first-order valence-corrected chi connectivity index (χ1v) is 32.7. The number of aliphatic hydroxyl groups excluding tert-OH is 6. The van der Waals surface area contributed by atoms with Crippen LogP contribution in [0, 0.1) is 0 Å². The van der Waals surface area contributed by atoms with E-state index in [1.54, 1.807) is 0 Å². The second-order valence-corrected chi connectivity index (χ2v) is 23.8. The van der Waals surface area contributed by atoms with Gasteiger partial charge in [0, 0.05) is 13.0 Å². The zero-order valence-electron chi connectivity index (χ0n) is 48.9. The molecule has 2 saturated heterocycles. The fraction of sp³-hybridized carbons (Fsp3) is 0.948. The predicted octanol–water partition coefficient (Wildman–Crippen LogP) is 7.71. The van der Waals surface area contributed by atoms with Crippen LogP contribution in [-0.2, 0) is 42.4 Å². The molecule has 0 bridgehead atoms. The molecular weight excluding hydrogens is 1040 g/mol. The highest BCUT2D eigenvalue weighted by Crippen LogP contribution is 2.42. The van der Waals surface area contributed by atoms with E-state index in [0.717, 1.165) is 103 Å². The number of amides is 2. The van der Waals surface area contributed by atoms with Crippen LogP contribution >= 0.6 is 7.82 Å². The van der Waals surface area contributed by atoms with Crippen LogP contribution in [0.25, 0.3) is 0 Å². The molecule has 21 heteroatoms. The van der Waals surface area contributed by atoms with Crippen molar-refractivity contribution in [3.8, 4) is 0 Å².